The van der Waals surface area contributed by atoms with E-state index in [0.717, 1.165) is 32.6 Å². The Morgan fingerprint density at radius 3 is 2.55 bits per heavy atom. The third-order valence-corrected chi connectivity index (χ3v) is 4.36. The van der Waals surface area contributed by atoms with Crippen LogP contribution in [0.1, 0.15) is 31.9 Å². The van der Waals surface area contributed by atoms with E-state index in [1.54, 1.807) is 0 Å². The van der Waals surface area contributed by atoms with Gasteiger partial charge in [0.1, 0.15) is 0 Å². The number of aromatic hydroxyl groups is 2. The lowest BCUT2D eigenvalue weighted by molar-refractivity contribution is -0.386. The Balaban J connectivity index is 2.44. The van der Waals surface area contributed by atoms with Gasteiger partial charge >= 0.3 is 5.69 Å². The molecule has 2 atom stereocenters. The summed E-state index contributed by atoms with van der Waals surface area (Å²) in [5.41, 5.74) is 0.233. The number of rotatable bonds is 5. The van der Waals surface area contributed by atoms with Crippen molar-refractivity contribution in [2.45, 2.75) is 26.3 Å². The number of hydrogen-bond acceptors (Lipinski definition) is 6. The van der Waals surface area contributed by atoms with E-state index in [2.05, 4.69) is 24.1 Å². The summed E-state index contributed by atoms with van der Waals surface area (Å²) in [6.07, 6.45) is 0.921. The Kier molecular flexibility index (Phi) is 5.20. The molecule has 1 heterocycles. The van der Waals surface area contributed by atoms with Crippen molar-refractivity contribution in [3.05, 3.63) is 27.8 Å². The van der Waals surface area contributed by atoms with Gasteiger partial charge in [-0.2, -0.15) is 0 Å². The second kappa shape index (κ2) is 6.93. The maximum absolute atomic E-state index is 11.1. The molecule has 0 spiro atoms. The maximum atomic E-state index is 11.1. The molecule has 0 aromatic heterocycles. The van der Waals surface area contributed by atoms with Crippen LogP contribution in [0.3, 0.4) is 0 Å². The molecule has 1 aliphatic rings. The van der Waals surface area contributed by atoms with Gasteiger partial charge in [0.2, 0.25) is 5.75 Å². The largest absolute Gasteiger partial charge is 0.504 e. The number of nitrogens with zero attached hydrogens (tertiary/aromatic N) is 2. The standard InChI is InChI=1S/C15H23N3O4/c1-3-10(2)14(17-6-4-16-5-7-17)11-8-12(18(21)22)15(20)13(19)9-11/h8-10,14,16,19-20H,3-7H2,1-2H3/t10?,14-/m1/s1. The van der Waals surface area contributed by atoms with E-state index in [1.807, 2.05) is 0 Å². The molecule has 1 aromatic carbocycles. The predicted octanol–water partition coefficient (Wildman–Crippen LogP) is 2.00. The van der Waals surface area contributed by atoms with Gasteiger partial charge in [-0.15, -0.1) is 0 Å². The Bertz CT molecular complexity index is 544. The van der Waals surface area contributed by atoms with Gasteiger partial charge in [-0.25, -0.2) is 0 Å². The van der Waals surface area contributed by atoms with Gasteiger partial charge in [-0.05, 0) is 17.5 Å². The fourth-order valence-electron chi connectivity index (χ4n) is 3.02. The van der Waals surface area contributed by atoms with Crippen molar-refractivity contribution in [2.75, 3.05) is 26.2 Å². The van der Waals surface area contributed by atoms with E-state index in [0.29, 0.717) is 5.56 Å². The zero-order chi connectivity index (χ0) is 16.3. The van der Waals surface area contributed by atoms with Crippen LogP contribution in [-0.4, -0.2) is 46.2 Å². The lowest BCUT2D eigenvalue weighted by Gasteiger charge is -2.38. The molecule has 7 nitrogen and oxygen atoms in total. The van der Waals surface area contributed by atoms with Gasteiger partial charge < -0.3 is 15.5 Å². The highest BCUT2D eigenvalue weighted by atomic mass is 16.6. The normalized spacial score (nSPS) is 18.8. The second-order valence-corrected chi connectivity index (χ2v) is 5.78. The van der Waals surface area contributed by atoms with Crippen LogP contribution in [0, 0.1) is 16.0 Å². The SMILES string of the molecule is CCC(C)[C@H](c1cc(O)c(O)c([N+](=O)[O-])c1)N1CCNCC1. The van der Waals surface area contributed by atoms with Crippen LogP contribution in [0.15, 0.2) is 12.1 Å². The van der Waals surface area contributed by atoms with Gasteiger partial charge in [-0.1, -0.05) is 20.3 Å². The number of benzene rings is 1. The first-order valence-corrected chi connectivity index (χ1v) is 7.60. The summed E-state index contributed by atoms with van der Waals surface area (Å²) in [5.74, 6) is -0.828. The second-order valence-electron chi connectivity index (χ2n) is 5.78. The van der Waals surface area contributed by atoms with Crippen LogP contribution in [0.5, 0.6) is 11.5 Å². The minimum Gasteiger partial charge on any atom is -0.504 e. The minimum absolute atomic E-state index is 0.0164. The van der Waals surface area contributed by atoms with Crippen molar-refractivity contribution in [2.24, 2.45) is 5.92 Å². The molecule has 2 rings (SSSR count). The number of nitro benzene ring substituents is 1. The Morgan fingerprint density at radius 1 is 1.36 bits per heavy atom. The van der Waals surface area contributed by atoms with E-state index < -0.39 is 22.1 Å². The van der Waals surface area contributed by atoms with E-state index in [9.17, 15) is 20.3 Å². The van der Waals surface area contributed by atoms with Gasteiger partial charge in [0.25, 0.3) is 0 Å². The number of phenolic OH excluding ortho intramolecular Hbond substituents is 2. The molecule has 7 heteroatoms. The van der Waals surface area contributed by atoms with Crippen molar-refractivity contribution in [3.63, 3.8) is 0 Å². The van der Waals surface area contributed by atoms with Crippen molar-refractivity contribution in [1.29, 1.82) is 0 Å². The molecule has 0 aliphatic carbocycles. The maximum Gasteiger partial charge on any atom is 0.314 e. The van der Waals surface area contributed by atoms with Gasteiger partial charge in [0.05, 0.1) is 4.92 Å². The Hall–Kier alpha value is -1.86. The lowest BCUT2D eigenvalue weighted by atomic mass is 9.90. The molecule has 0 saturated carbocycles. The molecule has 122 valence electrons. The van der Waals surface area contributed by atoms with Crippen molar-refractivity contribution in [3.8, 4) is 11.5 Å². The van der Waals surface area contributed by atoms with E-state index >= 15 is 0 Å². The third-order valence-electron chi connectivity index (χ3n) is 4.36. The molecule has 1 saturated heterocycles. The topological polar surface area (TPSA) is 98.9 Å². The average molecular weight is 309 g/mol. The minimum atomic E-state index is -0.669. The summed E-state index contributed by atoms with van der Waals surface area (Å²) in [7, 11) is 0. The molecule has 1 aromatic rings. The summed E-state index contributed by atoms with van der Waals surface area (Å²) >= 11 is 0. The fraction of sp³-hybridized carbons (Fsp3) is 0.600. The van der Waals surface area contributed by atoms with Crippen LogP contribution in [0.4, 0.5) is 5.69 Å². The number of piperazine rings is 1. The molecular formula is C15H23N3O4. The summed E-state index contributed by atoms with van der Waals surface area (Å²) < 4.78 is 0. The molecule has 0 radical (unpaired) electrons. The van der Waals surface area contributed by atoms with Gasteiger partial charge in [-0.3, -0.25) is 15.0 Å². The van der Waals surface area contributed by atoms with Crippen LogP contribution >= 0.6 is 0 Å². The molecule has 1 unspecified atom stereocenters. The number of hydrogen-bond donors (Lipinski definition) is 3. The zero-order valence-electron chi connectivity index (χ0n) is 13.0. The highest BCUT2D eigenvalue weighted by Gasteiger charge is 2.30. The van der Waals surface area contributed by atoms with Crippen LogP contribution in [0.2, 0.25) is 0 Å². The summed E-state index contributed by atoms with van der Waals surface area (Å²) in [4.78, 5) is 12.7. The highest BCUT2D eigenvalue weighted by Crippen LogP contribution is 2.41. The average Bonchev–Trinajstić information content (AvgIpc) is 2.51. The summed E-state index contributed by atoms with van der Waals surface area (Å²) in [6.45, 7) is 7.63. The van der Waals surface area contributed by atoms with Crippen LogP contribution < -0.4 is 5.32 Å². The molecule has 3 N–H and O–H groups in total. The molecule has 1 fully saturated rings. The number of nitro groups is 1. The molecule has 22 heavy (non-hydrogen) atoms. The van der Waals surface area contributed by atoms with E-state index in [4.69, 9.17) is 0 Å². The van der Waals surface area contributed by atoms with Crippen molar-refractivity contribution in [1.82, 2.24) is 10.2 Å². The van der Waals surface area contributed by atoms with Crippen LogP contribution in [0.25, 0.3) is 0 Å². The Morgan fingerprint density at radius 2 is 2.00 bits per heavy atom. The van der Waals surface area contributed by atoms with E-state index in [1.165, 1.54) is 12.1 Å². The zero-order valence-corrected chi connectivity index (χ0v) is 13.0. The number of phenols is 2. The van der Waals surface area contributed by atoms with Crippen molar-refractivity contribution >= 4 is 5.69 Å². The predicted molar refractivity (Wildman–Crippen MR) is 83.1 cm³/mol. The van der Waals surface area contributed by atoms with Gasteiger partial charge in [0.15, 0.2) is 5.75 Å². The third kappa shape index (κ3) is 3.31. The van der Waals surface area contributed by atoms with Crippen molar-refractivity contribution < 1.29 is 15.1 Å². The number of nitrogens with one attached hydrogen (secondary N) is 1. The first-order chi connectivity index (χ1) is 10.5. The fourth-order valence-corrected chi connectivity index (χ4v) is 3.02. The quantitative estimate of drug-likeness (QED) is 0.437. The first kappa shape index (κ1) is 16.5. The monoisotopic (exact) mass is 309 g/mol. The highest BCUT2D eigenvalue weighted by molar-refractivity contribution is 5.57. The molecule has 0 bridgehead atoms. The smallest absolute Gasteiger partial charge is 0.314 e. The molecular weight excluding hydrogens is 286 g/mol. The van der Waals surface area contributed by atoms with Crippen LogP contribution in [-0.2, 0) is 0 Å². The van der Waals surface area contributed by atoms with E-state index in [-0.39, 0.29) is 12.0 Å². The van der Waals surface area contributed by atoms with Gasteiger partial charge in [0, 0.05) is 38.3 Å². The molecule has 1 aliphatic heterocycles. The first-order valence-electron chi connectivity index (χ1n) is 7.60. The Labute approximate surface area is 129 Å². The summed E-state index contributed by atoms with van der Waals surface area (Å²) in [5, 5.41) is 33.9. The molecule has 0 amide bonds. The summed E-state index contributed by atoms with van der Waals surface area (Å²) in [6, 6.07) is 2.81. The lowest BCUT2D eigenvalue weighted by Crippen LogP contribution is -2.46.